The van der Waals surface area contributed by atoms with Gasteiger partial charge in [-0.3, -0.25) is 0 Å². The highest BCUT2D eigenvalue weighted by atomic mass is 15.0. The SMILES string of the molecule is CCc1cccc2ccn(CCC3CCNCC3)c12. The Hall–Kier alpha value is -1.28. The summed E-state index contributed by atoms with van der Waals surface area (Å²) in [5.41, 5.74) is 2.94. The zero-order chi connectivity index (χ0) is 13.1. The first-order chi connectivity index (χ1) is 9.38. The Bertz CT molecular complexity index is 535. The van der Waals surface area contributed by atoms with Gasteiger partial charge in [-0.1, -0.05) is 25.1 Å². The van der Waals surface area contributed by atoms with Gasteiger partial charge in [-0.05, 0) is 61.7 Å². The largest absolute Gasteiger partial charge is 0.347 e. The lowest BCUT2D eigenvalue weighted by molar-refractivity contribution is 0.339. The summed E-state index contributed by atoms with van der Waals surface area (Å²) in [6.07, 6.45) is 7.41. The third-order valence-electron chi connectivity index (χ3n) is 4.49. The molecule has 1 aromatic heterocycles. The van der Waals surface area contributed by atoms with E-state index in [0.717, 1.165) is 12.3 Å². The molecule has 0 atom stereocenters. The topological polar surface area (TPSA) is 17.0 Å². The smallest absolute Gasteiger partial charge is 0.0512 e. The second kappa shape index (κ2) is 5.79. The maximum atomic E-state index is 3.45. The number of nitrogens with one attached hydrogen (secondary N) is 1. The molecule has 0 aliphatic carbocycles. The Labute approximate surface area is 115 Å². The van der Waals surface area contributed by atoms with E-state index < -0.39 is 0 Å². The summed E-state index contributed by atoms with van der Waals surface area (Å²) >= 11 is 0. The van der Waals surface area contributed by atoms with Crippen molar-refractivity contribution < 1.29 is 0 Å². The van der Waals surface area contributed by atoms with Crippen molar-refractivity contribution in [3.8, 4) is 0 Å². The number of fused-ring (bicyclic) bond motifs is 1. The third kappa shape index (κ3) is 2.69. The molecule has 1 aliphatic rings. The summed E-state index contributed by atoms with van der Waals surface area (Å²) in [6.45, 7) is 5.83. The molecule has 102 valence electrons. The number of aryl methyl sites for hydroxylation is 2. The fraction of sp³-hybridized carbons (Fsp3) is 0.529. The minimum absolute atomic E-state index is 0.910. The molecule has 1 fully saturated rings. The van der Waals surface area contributed by atoms with Gasteiger partial charge >= 0.3 is 0 Å². The van der Waals surface area contributed by atoms with E-state index >= 15 is 0 Å². The summed E-state index contributed by atoms with van der Waals surface area (Å²) < 4.78 is 2.47. The highest BCUT2D eigenvalue weighted by Gasteiger charge is 2.13. The zero-order valence-corrected chi connectivity index (χ0v) is 11.9. The molecule has 1 aliphatic heterocycles. The number of aromatic nitrogens is 1. The molecule has 1 N–H and O–H groups in total. The molecule has 0 amide bonds. The van der Waals surface area contributed by atoms with Crippen LogP contribution in [-0.2, 0) is 13.0 Å². The van der Waals surface area contributed by atoms with Crippen LogP contribution in [0, 0.1) is 5.92 Å². The predicted octanol–water partition coefficient (Wildman–Crippen LogP) is 3.59. The lowest BCUT2D eigenvalue weighted by Gasteiger charge is -2.23. The van der Waals surface area contributed by atoms with Crippen molar-refractivity contribution in [2.24, 2.45) is 5.92 Å². The van der Waals surface area contributed by atoms with Gasteiger partial charge in [0, 0.05) is 12.7 Å². The van der Waals surface area contributed by atoms with Crippen molar-refractivity contribution in [3.05, 3.63) is 36.0 Å². The summed E-state index contributed by atoms with van der Waals surface area (Å²) in [7, 11) is 0. The summed E-state index contributed by atoms with van der Waals surface area (Å²) in [4.78, 5) is 0. The quantitative estimate of drug-likeness (QED) is 0.884. The maximum Gasteiger partial charge on any atom is 0.0512 e. The maximum absolute atomic E-state index is 3.45. The number of benzene rings is 1. The van der Waals surface area contributed by atoms with E-state index in [1.165, 1.54) is 55.4 Å². The molecule has 1 saturated heterocycles. The second-order valence-corrected chi connectivity index (χ2v) is 5.70. The van der Waals surface area contributed by atoms with E-state index in [1.807, 2.05) is 0 Å². The van der Waals surface area contributed by atoms with Crippen LogP contribution in [0.5, 0.6) is 0 Å². The number of rotatable bonds is 4. The lowest BCUT2D eigenvalue weighted by atomic mass is 9.95. The van der Waals surface area contributed by atoms with E-state index in [2.05, 4.69) is 47.3 Å². The number of nitrogens with zero attached hydrogens (tertiary/aromatic N) is 1. The first-order valence-electron chi connectivity index (χ1n) is 7.66. The Morgan fingerprint density at radius 1 is 1.21 bits per heavy atom. The van der Waals surface area contributed by atoms with Crippen molar-refractivity contribution in [1.82, 2.24) is 9.88 Å². The first-order valence-corrected chi connectivity index (χ1v) is 7.66. The molecule has 2 nitrogen and oxygen atoms in total. The minimum Gasteiger partial charge on any atom is -0.347 e. The van der Waals surface area contributed by atoms with Crippen LogP contribution in [0.15, 0.2) is 30.5 Å². The summed E-state index contributed by atoms with van der Waals surface area (Å²) in [5.74, 6) is 0.910. The molecule has 1 aromatic carbocycles. The third-order valence-corrected chi connectivity index (χ3v) is 4.49. The molecular formula is C17H24N2. The average molecular weight is 256 g/mol. The van der Waals surface area contributed by atoms with E-state index in [-0.39, 0.29) is 0 Å². The van der Waals surface area contributed by atoms with Crippen LogP contribution >= 0.6 is 0 Å². The van der Waals surface area contributed by atoms with Crippen LogP contribution in [0.2, 0.25) is 0 Å². The Kier molecular flexibility index (Phi) is 3.88. The van der Waals surface area contributed by atoms with E-state index in [4.69, 9.17) is 0 Å². The highest BCUT2D eigenvalue weighted by molar-refractivity contribution is 5.83. The number of para-hydroxylation sites is 1. The molecule has 2 aromatic rings. The van der Waals surface area contributed by atoms with Crippen molar-refractivity contribution in [2.75, 3.05) is 13.1 Å². The molecule has 19 heavy (non-hydrogen) atoms. The number of hydrogen-bond acceptors (Lipinski definition) is 1. The fourth-order valence-electron chi connectivity index (χ4n) is 3.30. The molecule has 0 saturated carbocycles. The molecule has 3 rings (SSSR count). The summed E-state index contributed by atoms with van der Waals surface area (Å²) in [6, 6.07) is 8.94. The first kappa shape index (κ1) is 12.7. The van der Waals surface area contributed by atoms with Gasteiger partial charge in [-0.25, -0.2) is 0 Å². The van der Waals surface area contributed by atoms with Crippen molar-refractivity contribution in [1.29, 1.82) is 0 Å². The Morgan fingerprint density at radius 2 is 2.05 bits per heavy atom. The van der Waals surface area contributed by atoms with Gasteiger partial charge in [0.15, 0.2) is 0 Å². The van der Waals surface area contributed by atoms with Crippen LogP contribution in [0.25, 0.3) is 10.9 Å². The molecule has 2 heterocycles. The van der Waals surface area contributed by atoms with Crippen LogP contribution in [0.4, 0.5) is 0 Å². The van der Waals surface area contributed by atoms with Gasteiger partial charge in [0.2, 0.25) is 0 Å². The molecule has 2 heteroatoms. The predicted molar refractivity (Wildman–Crippen MR) is 81.5 cm³/mol. The van der Waals surface area contributed by atoms with E-state index in [0.29, 0.717) is 0 Å². The summed E-state index contributed by atoms with van der Waals surface area (Å²) in [5, 5.41) is 4.84. The Balaban J connectivity index is 1.77. The zero-order valence-electron chi connectivity index (χ0n) is 11.9. The van der Waals surface area contributed by atoms with Gasteiger partial charge in [0.25, 0.3) is 0 Å². The minimum atomic E-state index is 0.910. The van der Waals surface area contributed by atoms with E-state index in [9.17, 15) is 0 Å². The number of hydrogen-bond donors (Lipinski definition) is 1. The van der Waals surface area contributed by atoms with Crippen LogP contribution in [-0.4, -0.2) is 17.7 Å². The van der Waals surface area contributed by atoms with Crippen molar-refractivity contribution in [3.63, 3.8) is 0 Å². The molecule has 0 spiro atoms. The van der Waals surface area contributed by atoms with Gasteiger partial charge in [0.1, 0.15) is 0 Å². The molecule has 0 bridgehead atoms. The standard InChI is InChI=1S/C17H24N2/c1-2-15-4-3-5-16-9-13-19(17(15)16)12-8-14-6-10-18-11-7-14/h3-5,9,13-14,18H,2,6-8,10-12H2,1H3. The van der Waals surface area contributed by atoms with Gasteiger partial charge in [-0.2, -0.15) is 0 Å². The number of piperidine rings is 1. The van der Waals surface area contributed by atoms with Crippen molar-refractivity contribution in [2.45, 2.75) is 39.2 Å². The van der Waals surface area contributed by atoms with Gasteiger partial charge in [0.05, 0.1) is 5.52 Å². The fourth-order valence-corrected chi connectivity index (χ4v) is 3.30. The normalized spacial score (nSPS) is 17.1. The van der Waals surface area contributed by atoms with E-state index in [1.54, 1.807) is 0 Å². The Morgan fingerprint density at radius 3 is 2.84 bits per heavy atom. The lowest BCUT2D eigenvalue weighted by Crippen LogP contribution is -2.28. The molecule has 0 radical (unpaired) electrons. The van der Waals surface area contributed by atoms with Crippen LogP contribution in [0.3, 0.4) is 0 Å². The second-order valence-electron chi connectivity index (χ2n) is 5.70. The average Bonchev–Trinajstić information content (AvgIpc) is 2.89. The van der Waals surface area contributed by atoms with Crippen molar-refractivity contribution >= 4 is 10.9 Å². The highest BCUT2D eigenvalue weighted by Crippen LogP contribution is 2.23. The van der Waals surface area contributed by atoms with Crippen LogP contribution < -0.4 is 5.32 Å². The monoisotopic (exact) mass is 256 g/mol. The van der Waals surface area contributed by atoms with Gasteiger partial charge in [-0.15, -0.1) is 0 Å². The molecular weight excluding hydrogens is 232 g/mol. The molecule has 0 unspecified atom stereocenters. The van der Waals surface area contributed by atoms with Crippen LogP contribution in [0.1, 0.15) is 31.7 Å². The van der Waals surface area contributed by atoms with Gasteiger partial charge < -0.3 is 9.88 Å².